The topological polar surface area (TPSA) is 37.3 Å². The van der Waals surface area contributed by atoms with Crippen molar-refractivity contribution in [3.8, 4) is 0 Å². The van der Waals surface area contributed by atoms with Gasteiger partial charge in [0, 0.05) is 12.0 Å². The zero-order chi connectivity index (χ0) is 12.1. The van der Waals surface area contributed by atoms with Crippen molar-refractivity contribution < 1.29 is 23.1 Å². The van der Waals surface area contributed by atoms with Crippen molar-refractivity contribution in [1.29, 1.82) is 0 Å². The summed E-state index contributed by atoms with van der Waals surface area (Å²) in [5.41, 5.74) is -0.107. The van der Waals surface area contributed by atoms with Gasteiger partial charge in [0.1, 0.15) is 0 Å². The molecule has 0 amide bonds. The highest BCUT2D eigenvalue weighted by molar-refractivity contribution is 5.67. The third-order valence-electron chi connectivity index (χ3n) is 1.89. The molecule has 16 heavy (non-hydrogen) atoms. The Hall–Kier alpha value is -1.78. The molecule has 2 nitrogen and oxygen atoms in total. The Balaban J connectivity index is 2.74. The zero-order valence-corrected chi connectivity index (χ0v) is 8.21. The van der Waals surface area contributed by atoms with Crippen LogP contribution in [0.15, 0.2) is 18.2 Å². The van der Waals surface area contributed by atoms with Crippen LogP contribution in [0, 0.1) is 17.5 Å². The van der Waals surface area contributed by atoms with Crippen molar-refractivity contribution in [3.63, 3.8) is 0 Å². The van der Waals surface area contributed by atoms with Crippen LogP contribution in [0.25, 0.3) is 6.08 Å². The smallest absolute Gasteiger partial charge is 0.303 e. The SMILES string of the molecule is O=C(O)CCC=Cc1ccc(F)c(F)c1F. The lowest BCUT2D eigenvalue weighted by Crippen LogP contribution is -1.94. The summed E-state index contributed by atoms with van der Waals surface area (Å²) in [6.45, 7) is 0. The maximum absolute atomic E-state index is 13.1. The molecule has 0 radical (unpaired) electrons. The van der Waals surface area contributed by atoms with Crippen molar-refractivity contribution in [1.82, 2.24) is 0 Å². The molecule has 0 bridgehead atoms. The van der Waals surface area contributed by atoms with E-state index in [2.05, 4.69) is 0 Å². The number of aliphatic carboxylic acids is 1. The quantitative estimate of drug-likeness (QED) is 0.807. The minimum atomic E-state index is -1.53. The Morgan fingerprint density at radius 3 is 2.56 bits per heavy atom. The second-order valence-corrected chi connectivity index (χ2v) is 3.10. The van der Waals surface area contributed by atoms with Crippen molar-refractivity contribution >= 4 is 12.0 Å². The Morgan fingerprint density at radius 2 is 1.94 bits per heavy atom. The molecule has 0 aliphatic heterocycles. The highest BCUT2D eigenvalue weighted by atomic mass is 19.2. The van der Waals surface area contributed by atoms with Gasteiger partial charge in [0.05, 0.1) is 0 Å². The van der Waals surface area contributed by atoms with Crippen LogP contribution in [0.4, 0.5) is 13.2 Å². The first-order valence-corrected chi connectivity index (χ1v) is 4.54. The predicted octanol–water partition coefficient (Wildman–Crippen LogP) is 2.98. The van der Waals surface area contributed by atoms with Gasteiger partial charge in [-0.1, -0.05) is 12.2 Å². The van der Waals surface area contributed by atoms with Crippen molar-refractivity contribution in [3.05, 3.63) is 41.2 Å². The highest BCUT2D eigenvalue weighted by Gasteiger charge is 2.10. The van der Waals surface area contributed by atoms with Gasteiger partial charge in [0.25, 0.3) is 0 Å². The van der Waals surface area contributed by atoms with E-state index < -0.39 is 23.4 Å². The minimum Gasteiger partial charge on any atom is -0.481 e. The molecule has 0 aromatic heterocycles. The van der Waals surface area contributed by atoms with Crippen molar-refractivity contribution in [2.75, 3.05) is 0 Å². The molecule has 0 aliphatic carbocycles. The fourth-order valence-corrected chi connectivity index (χ4v) is 1.09. The number of carbonyl (C=O) groups is 1. The van der Waals surface area contributed by atoms with Crippen molar-refractivity contribution in [2.45, 2.75) is 12.8 Å². The number of carboxylic acid groups (broad SMARTS) is 1. The van der Waals surface area contributed by atoms with Crippen LogP contribution in [0.2, 0.25) is 0 Å². The van der Waals surface area contributed by atoms with Crippen LogP contribution in [0.1, 0.15) is 18.4 Å². The van der Waals surface area contributed by atoms with Gasteiger partial charge in [-0.3, -0.25) is 4.79 Å². The van der Waals surface area contributed by atoms with Crippen LogP contribution >= 0.6 is 0 Å². The van der Waals surface area contributed by atoms with Gasteiger partial charge in [0.15, 0.2) is 17.5 Å². The Morgan fingerprint density at radius 1 is 1.25 bits per heavy atom. The molecule has 0 atom stereocenters. The number of rotatable bonds is 4. The molecular weight excluding hydrogens is 221 g/mol. The Labute approximate surface area is 90.0 Å². The van der Waals surface area contributed by atoms with Crippen LogP contribution in [0.3, 0.4) is 0 Å². The highest BCUT2D eigenvalue weighted by Crippen LogP contribution is 2.16. The normalized spacial score (nSPS) is 10.9. The fourth-order valence-electron chi connectivity index (χ4n) is 1.09. The lowest BCUT2D eigenvalue weighted by molar-refractivity contribution is -0.136. The maximum atomic E-state index is 13.1. The maximum Gasteiger partial charge on any atom is 0.303 e. The summed E-state index contributed by atoms with van der Waals surface area (Å²) in [6, 6.07) is 1.90. The molecule has 1 aromatic rings. The van der Waals surface area contributed by atoms with Gasteiger partial charge in [-0.2, -0.15) is 0 Å². The lowest BCUT2D eigenvalue weighted by Gasteiger charge is -1.99. The minimum absolute atomic E-state index is 0.0954. The van der Waals surface area contributed by atoms with E-state index >= 15 is 0 Å². The van der Waals surface area contributed by atoms with E-state index in [0.717, 1.165) is 12.1 Å². The van der Waals surface area contributed by atoms with Gasteiger partial charge in [-0.25, -0.2) is 13.2 Å². The van der Waals surface area contributed by atoms with Crippen LogP contribution in [0.5, 0.6) is 0 Å². The van der Waals surface area contributed by atoms with Crippen LogP contribution in [-0.4, -0.2) is 11.1 Å². The number of benzene rings is 1. The lowest BCUT2D eigenvalue weighted by atomic mass is 10.1. The number of halogens is 3. The molecule has 0 spiro atoms. The fraction of sp³-hybridized carbons (Fsp3) is 0.182. The van der Waals surface area contributed by atoms with Gasteiger partial charge in [-0.05, 0) is 18.6 Å². The molecule has 0 heterocycles. The van der Waals surface area contributed by atoms with E-state index in [1.165, 1.54) is 12.2 Å². The second-order valence-electron chi connectivity index (χ2n) is 3.10. The molecule has 1 rings (SSSR count). The third kappa shape index (κ3) is 3.12. The number of carboxylic acids is 1. The summed E-state index contributed by atoms with van der Waals surface area (Å²) in [5, 5.41) is 8.33. The van der Waals surface area contributed by atoms with E-state index in [4.69, 9.17) is 5.11 Å². The average molecular weight is 230 g/mol. The van der Waals surface area contributed by atoms with Gasteiger partial charge in [-0.15, -0.1) is 0 Å². The average Bonchev–Trinajstić information content (AvgIpc) is 2.23. The van der Waals surface area contributed by atoms with E-state index in [-0.39, 0.29) is 18.4 Å². The number of hydrogen-bond donors (Lipinski definition) is 1. The first-order valence-electron chi connectivity index (χ1n) is 4.54. The molecule has 0 saturated carbocycles. The summed E-state index contributed by atoms with van der Waals surface area (Å²) in [6.07, 6.45) is 2.72. The summed E-state index contributed by atoms with van der Waals surface area (Å²) < 4.78 is 38.4. The molecule has 0 unspecified atom stereocenters. The summed E-state index contributed by atoms with van der Waals surface area (Å²) >= 11 is 0. The molecule has 1 N–H and O–H groups in total. The molecule has 1 aromatic carbocycles. The molecule has 0 aliphatic rings. The summed E-state index contributed by atoms with van der Waals surface area (Å²) in [7, 11) is 0. The Kier molecular flexibility index (Phi) is 4.10. The van der Waals surface area contributed by atoms with E-state index in [1.54, 1.807) is 0 Å². The molecule has 5 heteroatoms. The first kappa shape index (κ1) is 12.3. The molecule has 86 valence electrons. The van der Waals surface area contributed by atoms with Gasteiger partial charge >= 0.3 is 5.97 Å². The van der Waals surface area contributed by atoms with E-state index in [9.17, 15) is 18.0 Å². The third-order valence-corrected chi connectivity index (χ3v) is 1.89. The van der Waals surface area contributed by atoms with Crippen molar-refractivity contribution in [2.24, 2.45) is 0 Å². The van der Waals surface area contributed by atoms with Gasteiger partial charge in [0.2, 0.25) is 0 Å². The second kappa shape index (κ2) is 5.34. The zero-order valence-electron chi connectivity index (χ0n) is 8.21. The number of allylic oxidation sites excluding steroid dienone is 1. The summed E-state index contributed by atoms with van der Waals surface area (Å²) in [4.78, 5) is 10.2. The van der Waals surface area contributed by atoms with Crippen LogP contribution in [-0.2, 0) is 4.79 Å². The predicted molar refractivity (Wildman–Crippen MR) is 52.2 cm³/mol. The summed E-state index contributed by atoms with van der Waals surface area (Å²) in [5.74, 6) is -5.03. The standard InChI is InChI=1S/C11H9F3O2/c12-8-6-5-7(10(13)11(8)14)3-1-2-4-9(15)16/h1,3,5-6H,2,4H2,(H,15,16). The monoisotopic (exact) mass is 230 g/mol. The Bertz CT molecular complexity index is 427. The van der Waals surface area contributed by atoms with Gasteiger partial charge < -0.3 is 5.11 Å². The van der Waals surface area contributed by atoms with E-state index in [1.807, 2.05) is 0 Å². The van der Waals surface area contributed by atoms with E-state index in [0.29, 0.717) is 0 Å². The first-order chi connectivity index (χ1) is 7.52. The largest absolute Gasteiger partial charge is 0.481 e. The molecule has 0 fully saturated rings. The molecule has 0 saturated heterocycles. The van der Waals surface area contributed by atoms with Crippen LogP contribution < -0.4 is 0 Å². The molecular formula is C11H9F3O2. The number of hydrogen-bond acceptors (Lipinski definition) is 1.